The highest BCUT2D eigenvalue weighted by Crippen LogP contribution is 2.38. The van der Waals surface area contributed by atoms with Crippen molar-refractivity contribution in [3.8, 4) is 11.5 Å². The summed E-state index contributed by atoms with van der Waals surface area (Å²) in [4.78, 5) is 24.9. The van der Waals surface area contributed by atoms with Crippen molar-refractivity contribution < 1.29 is 22.7 Å². The number of fused-ring (bicyclic) bond motifs is 2. The van der Waals surface area contributed by atoms with Crippen molar-refractivity contribution >= 4 is 37.4 Å². The van der Waals surface area contributed by atoms with E-state index in [1.165, 1.54) is 19.2 Å². The van der Waals surface area contributed by atoms with Crippen molar-refractivity contribution in [1.29, 1.82) is 0 Å². The first-order valence-electron chi connectivity index (χ1n) is 9.18. The molecule has 2 heterocycles. The summed E-state index contributed by atoms with van der Waals surface area (Å²) < 4.78 is 38.3. The molecule has 156 valence electrons. The maximum atomic E-state index is 13.1. The summed E-state index contributed by atoms with van der Waals surface area (Å²) in [5.74, 6) is -0.142. The maximum absolute atomic E-state index is 13.1. The van der Waals surface area contributed by atoms with Crippen LogP contribution in [0.1, 0.15) is 35.7 Å². The van der Waals surface area contributed by atoms with E-state index in [2.05, 4.69) is 0 Å². The third kappa shape index (κ3) is 3.23. The summed E-state index contributed by atoms with van der Waals surface area (Å²) in [6.07, 6.45) is 0. The minimum Gasteiger partial charge on any atom is -0.497 e. The van der Waals surface area contributed by atoms with E-state index in [4.69, 9.17) is 9.47 Å². The third-order valence-corrected chi connectivity index (χ3v) is 7.55. The summed E-state index contributed by atoms with van der Waals surface area (Å²) in [5.41, 5.74) is 0.730. The van der Waals surface area contributed by atoms with Gasteiger partial charge in [-0.25, -0.2) is 8.42 Å². The molecule has 0 aliphatic carbocycles. The van der Waals surface area contributed by atoms with E-state index in [1.54, 1.807) is 30.3 Å². The molecular formula is C21H19NO6S2. The second kappa shape index (κ2) is 7.41. The van der Waals surface area contributed by atoms with E-state index >= 15 is 0 Å². The monoisotopic (exact) mass is 445 g/mol. The molecule has 0 saturated heterocycles. The standard InChI is InChI=1S/C21H19NO6S2/c1-12(2)15-8-13(27-3)9-18-20(15)21(24)22(30(18,25)26)11-28-16-10-19(23)29-17-7-5-4-6-14(16)17/h4-10,12H,11H2,1-3H3. The lowest BCUT2D eigenvalue weighted by Crippen LogP contribution is -2.34. The Morgan fingerprint density at radius 1 is 1.10 bits per heavy atom. The van der Waals surface area contributed by atoms with Crippen molar-refractivity contribution in [2.24, 2.45) is 0 Å². The molecule has 1 aliphatic rings. The van der Waals surface area contributed by atoms with Crippen LogP contribution in [0.25, 0.3) is 10.1 Å². The molecule has 2 aromatic carbocycles. The molecule has 0 unspecified atom stereocenters. The number of hydrogen-bond donors (Lipinski definition) is 0. The largest absolute Gasteiger partial charge is 0.497 e. The van der Waals surface area contributed by atoms with Crippen LogP contribution < -0.4 is 14.2 Å². The van der Waals surface area contributed by atoms with Crippen molar-refractivity contribution in [2.75, 3.05) is 13.8 Å². The second-order valence-corrected chi connectivity index (χ2v) is 9.98. The molecule has 0 spiro atoms. The van der Waals surface area contributed by atoms with Gasteiger partial charge in [0.15, 0.2) is 6.73 Å². The first kappa shape index (κ1) is 20.4. The van der Waals surface area contributed by atoms with Crippen LogP contribution in [0.15, 0.2) is 52.2 Å². The summed E-state index contributed by atoms with van der Waals surface area (Å²) in [5, 5.41) is 0.674. The lowest BCUT2D eigenvalue weighted by atomic mass is 9.96. The molecule has 1 amide bonds. The van der Waals surface area contributed by atoms with Crippen LogP contribution in [0.2, 0.25) is 0 Å². The number of hydrogen-bond acceptors (Lipinski definition) is 7. The summed E-state index contributed by atoms with van der Waals surface area (Å²) in [6, 6.07) is 11.5. The topological polar surface area (TPSA) is 90.0 Å². The van der Waals surface area contributed by atoms with Crippen molar-refractivity contribution in [1.82, 2.24) is 4.31 Å². The number of methoxy groups -OCH3 is 1. The minimum atomic E-state index is -4.11. The van der Waals surface area contributed by atoms with E-state index in [0.29, 0.717) is 25.7 Å². The fraction of sp³-hybridized carbons (Fsp3) is 0.238. The predicted octanol–water partition coefficient (Wildman–Crippen LogP) is 3.57. The van der Waals surface area contributed by atoms with Gasteiger partial charge in [-0.3, -0.25) is 9.59 Å². The number of benzene rings is 2. The lowest BCUT2D eigenvalue weighted by molar-refractivity contribution is 0.0790. The minimum absolute atomic E-state index is 0.0866. The average Bonchev–Trinajstić information content (AvgIpc) is 2.90. The Morgan fingerprint density at radius 2 is 1.83 bits per heavy atom. The summed E-state index contributed by atoms with van der Waals surface area (Å²) >= 11 is 1.07. The Hall–Kier alpha value is -2.91. The molecule has 4 rings (SSSR count). The van der Waals surface area contributed by atoms with Gasteiger partial charge in [-0.1, -0.05) is 37.3 Å². The normalized spacial score (nSPS) is 14.9. The molecule has 9 heteroatoms. The summed E-state index contributed by atoms with van der Waals surface area (Å²) in [6.45, 7) is 3.22. The van der Waals surface area contributed by atoms with Crippen LogP contribution in [-0.4, -0.2) is 32.5 Å². The number of rotatable bonds is 5. The van der Waals surface area contributed by atoms with Gasteiger partial charge < -0.3 is 9.47 Å². The van der Waals surface area contributed by atoms with E-state index in [0.717, 1.165) is 11.3 Å². The van der Waals surface area contributed by atoms with Crippen LogP contribution in [0.3, 0.4) is 0 Å². The van der Waals surface area contributed by atoms with Gasteiger partial charge >= 0.3 is 0 Å². The molecule has 3 aromatic rings. The van der Waals surface area contributed by atoms with E-state index in [9.17, 15) is 18.0 Å². The van der Waals surface area contributed by atoms with Crippen LogP contribution in [0, 0.1) is 0 Å². The predicted molar refractivity (Wildman–Crippen MR) is 114 cm³/mol. The number of amides is 1. The first-order valence-corrected chi connectivity index (χ1v) is 11.4. The van der Waals surface area contributed by atoms with Gasteiger partial charge in [-0.15, -0.1) is 0 Å². The van der Waals surface area contributed by atoms with E-state index in [-0.39, 0.29) is 26.9 Å². The zero-order chi connectivity index (χ0) is 21.6. The Balaban J connectivity index is 1.74. The highest BCUT2D eigenvalue weighted by atomic mass is 32.2. The molecule has 0 saturated carbocycles. The van der Waals surface area contributed by atoms with Crippen LogP contribution in [0.4, 0.5) is 0 Å². The van der Waals surface area contributed by atoms with Crippen LogP contribution in [0.5, 0.6) is 11.5 Å². The number of carbonyl (C=O) groups excluding carboxylic acids is 1. The van der Waals surface area contributed by atoms with Gasteiger partial charge in [0.1, 0.15) is 16.4 Å². The molecule has 1 aliphatic heterocycles. The fourth-order valence-electron chi connectivity index (χ4n) is 3.43. The number of sulfonamides is 1. The van der Waals surface area contributed by atoms with Gasteiger partial charge in [0, 0.05) is 22.2 Å². The van der Waals surface area contributed by atoms with Crippen LogP contribution in [-0.2, 0) is 10.0 Å². The third-order valence-electron chi connectivity index (χ3n) is 4.92. The Bertz CT molecular complexity index is 1330. The highest BCUT2D eigenvalue weighted by molar-refractivity contribution is 7.90. The van der Waals surface area contributed by atoms with Gasteiger partial charge in [0.2, 0.25) is 4.74 Å². The fourth-order valence-corrected chi connectivity index (χ4v) is 5.70. The Labute approximate surface area is 177 Å². The number of carbonyl (C=O) groups is 1. The molecule has 1 aromatic heterocycles. The Kier molecular flexibility index (Phi) is 5.03. The van der Waals surface area contributed by atoms with Gasteiger partial charge in [0.05, 0.1) is 12.7 Å². The quantitative estimate of drug-likeness (QED) is 0.596. The molecule has 0 bridgehead atoms. The molecule has 7 nitrogen and oxygen atoms in total. The molecule has 0 N–H and O–H groups in total. The van der Waals surface area contributed by atoms with Crippen molar-refractivity contribution in [2.45, 2.75) is 24.7 Å². The molecule has 0 fully saturated rings. The zero-order valence-corrected chi connectivity index (χ0v) is 18.2. The maximum Gasteiger partial charge on any atom is 0.272 e. The van der Waals surface area contributed by atoms with Gasteiger partial charge in [-0.05, 0) is 29.7 Å². The van der Waals surface area contributed by atoms with Crippen LogP contribution >= 0.6 is 11.3 Å². The SMILES string of the molecule is COc1cc(C(C)C)c2c(c1)S(=O)(=O)N(COc1cc(=O)sc3ccccc13)C2=O. The second-order valence-electron chi connectivity index (χ2n) is 7.10. The lowest BCUT2D eigenvalue weighted by Gasteiger charge is -2.16. The van der Waals surface area contributed by atoms with E-state index < -0.39 is 22.7 Å². The molecule has 0 atom stereocenters. The molecule has 0 radical (unpaired) electrons. The Morgan fingerprint density at radius 3 is 2.53 bits per heavy atom. The van der Waals surface area contributed by atoms with Crippen molar-refractivity contribution in [3.63, 3.8) is 0 Å². The molecular weight excluding hydrogens is 426 g/mol. The number of nitrogens with zero attached hydrogens (tertiary/aromatic N) is 1. The first-order chi connectivity index (χ1) is 14.2. The van der Waals surface area contributed by atoms with E-state index in [1.807, 2.05) is 13.8 Å². The van der Waals surface area contributed by atoms with Gasteiger partial charge in [-0.2, -0.15) is 4.31 Å². The average molecular weight is 446 g/mol. The summed E-state index contributed by atoms with van der Waals surface area (Å²) in [7, 11) is -2.67. The molecule has 30 heavy (non-hydrogen) atoms. The number of ether oxygens (including phenoxy) is 2. The zero-order valence-electron chi connectivity index (χ0n) is 16.5. The smallest absolute Gasteiger partial charge is 0.272 e. The highest BCUT2D eigenvalue weighted by Gasteiger charge is 2.44. The van der Waals surface area contributed by atoms with Crippen molar-refractivity contribution in [3.05, 3.63) is 63.1 Å². The van der Waals surface area contributed by atoms with Gasteiger partial charge in [0.25, 0.3) is 15.9 Å².